The molecule has 0 bridgehead atoms. The van der Waals surface area contributed by atoms with E-state index in [4.69, 9.17) is 15.8 Å². The molecule has 4 fully saturated rings. The molecule has 4 N–H and O–H groups in total. The van der Waals surface area contributed by atoms with Crippen molar-refractivity contribution < 1.29 is 28.8 Å². The van der Waals surface area contributed by atoms with Crippen molar-refractivity contribution in [3.8, 4) is 0 Å². The number of fused-ring (bicyclic) bond motifs is 2. The van der Waals surface area contributed by atoms with E-state index in [0.29, 0.717) is 50.3 Å². The summed E-state index contributed by atoms with van der Waals surface area (Å²) < 4.78 is 1.96. The lowest BCUT2D eigenvalue weighted by Crippen LogP contribution is -2.54. The average molecular weight is 780 g/mol. The lowest BCUT2D eigenvalue weighted by molar-refractivity contribution is -0.136. The maximum atomic E-state index is 13.4. The summed E-state index contributed by atoms with van der Waals surface area (Å²) in [4.78, 5) is 96.4. The van der Waals surface area contributed by atoms with Gasteiger partial charge in [-0.1, -0.05) is 0 Å². The normalized spacial score (nSPS) is 24.1. The molecule has 7 amide bonds. The number of carbonyl (C=O) groups excluding carboxylic acids is 6. The number of hydrogen-bond donors (Lipinski definition) is 3. The maximum absolute atomic E-state index is 13.4. The number of amides is 7. The monoisotopic (exact) mass is 779 g/mol. The Bertz CT molecular complexity index is 2190. The molecular weight excluding hydrogens is 735 g/mol. The summed E-state index contributed by atoms with van der Waals surface area (Å²) in [5.41, 5.74) is 8.16. The molecule has 2 aromatic heterocycles. The van der Waals surface area contributed by atoms with Crippen molar-refractivity contribution in [2.75, 3.05) is 74.5 Å². The number of benzene rings is 1. The SMILES string of the molecule is CN1CCN([C@H]2CCCN(c3cnc(C(N)=O)c(Nc4cc5n(n4)CCN(C[C@@H]4CCN(c6ccc7c(c6)C(=O)N(C6CCC(=O)NC6=O)C7=O)C4)C5)n3)C2)C1=O. The number of primary amides is 1. The number of piperidine rings is 2. The quantitative estimate of drug-likeness (QED) is 0.254. The molecule has 6 aliphatic rings. The highest BCUT2D eigenvalue weighted by atomic mass is 16.2. The summed E-state index contributed by atoms with van der Waals surface area (Å²) in [5, 5.41) is 10.2. The number of imide groups is 2. The van der Waals surface area contributed by atoms with Gasteiger partial charge in [-0.05, 0) is 49.8 Å². The molecule has 1 aromatic carbocycles. The molecule has 0 saturated carbocycles. The minimum atomic E-state index is -0.995. The van der Waals surface area contributed by atoms with E-state index in [1.165, 1.54) is 0 Å². The van der Waals surface area contributed by atoms with Gasteiger partial charge in [-0.2, -0.15) is 5.10 Å². The van der Waals surface area contributed by atoms with Gasteiger partial charge in [0.15, 0.2) is 17.3 Å². The molecule has 0 spiro atoms. The molecule has 19 nitrogen and oxygen atoms in total. The first kappa shape index (κ1) is 36.5. The predicted molar refractivity (Wildman–Crippen MR) is 205 cm³/mol. The van der Waals surface area contributed by atoms with Crippen molar-refractivity contribution in [2.24, 2.45) is 11.7 Å². The number of nitrogens with two attached hydrogens (primary N) is 1. The Balaban J connectivity index is 0.827. The van der Waals surface area contributed by atoms with Crippen molar-refractivity contribution in [3.63, 3.8) is 0 Å². The van der Waals surface area contributed by atoms with Crippen LogP contribution < -0.4 is 26.2 Å². The molecule has 3 atom stereocenters. The number of urea groups is 1. The smallest absolute Gasteiger partial charge is 0.320 e. The van der Waals surface area contributed by atoms with Crippen molar-refractivity contribution in [2.45, 2.75) is 57.3 Å². The molecule has 19 heteroatoms. The standard InChI is InChI=1S/C38H45N13O6/c1-45-11-13-49(38(45)57)24-3-2-9-48(21-24)30-17-40-32(33(39)53)34(42-30)41-29-16-25-20-46(12-14-50(25)44-29)18-22-8-10-47(19-22)23-4-5-26-27(15-23)37(56)51(36(26)55)28-6-7-31(52)43-35(28)54/h4-5,15-17,22,24,28H,2-3,6-14,18-21H2,1H3,(H2,39,53)(H,41,42,44)(H,43,52,54)/t22-,24-,28?/m0/s1. The van der Waals surface area contributed by atoms with E-state index < -0.39 is 35.6 Å². The van der Waals surface area contributed by atoms with E-state index in [9.17, 15) is 28.8 Å². The Morgan fingerprint density at radius 3 is 2.56 bits per heavy atom. The van der Waals surface area contributed by atoms with Crippen LogP contribution in [0.2, 0.25) is 0 Å². The molecule has 6 aliphatic heterocycles. The van der Waals surface area contributed by atoms with Gasteiger partial charge < -0.3 is 30.7 Å². The molecule has 4 saturated heterocycles. The zero-order valence-corrected chi connectivity index (χ0v) is 31.7. The van der Waals surface area contributed by atoms with E-state index in [2.05, 4.69) is 30.3 Å². The third-order valence-corrected chi connectivity index (χ3v) is 12.1. The van der Waals surface area contributed by atoms with Gasteiger partial charge in [0.2, 0.25) is 11.8 Å². The van der Waals surface area contributed by atoms with E-state index in [1.54, 1.807) is 23.2 Å². The molecule has 57 heavy (non-hydrogen) atoms. The van der Waals surface area contributed by atoms with Crippen LogP contribution in [0.5, 0.6) is 0 Å². The number of likely N-dealkylation sites (N-methyl/N-ethyl adjacent to an activating group) is 1. The summed E-state index contributed by atoms with van der Waals surface area (Å²) >= 11 is 0. The number of rotatable bonds is 9. The fourth-order valence-electron chi connectivity index (χ4n) is 9.12. The zero-order chi connectivity index (χ0) is 39.5. The van der Waals surface area contributed by atoms with Crippen LogP contribution >= 0.6 is 0 Å². The molecule has 3 aromatic rings. The lowest BCUT2D eigenvalue weighted by atomic mass is 10.0. The average Bonchev–Trinajstić information content (AvgIpc) is 3.97. The molecule has 0 aliphatic carbocycles. The Morgan fingerprint density at radius 1 is 0.930 bits per heavy atom. The highest BCUT2D eigenvalue weighted by molar-refractivity contribution is 6.23. The second kappa shape index (κ2) is 14.4. The summed E-state index contributed by atoms with van der Waals surface area (Å²) in [6.07, 6.45) is 4.53. The Hall–Kier alpha value is -6.11. The van der Waals surface area contributed by atoms with Crippen molar-refractivity contribution in [1.29, 1.82) is 0 Å². The first-order valence-corrected chi connectivity index (χ1v) is 19.6. The Labute approximate surface area is 328 Å². The second-order valence-corrected chi connectivity index (χ2v) is 15.8. The van der Waals surface area contributed by atoms with Gasteiger partial charge in [0.05, 0.1) is 35.6 Å². The van der Waals surface area contributed by atoms with Crippen LogP contribution in [-0.4, -0.2) is 146 Å². The van der Waals surface area contributed by atoms with Crippen LogP contribution in [0, 0.1) is 5.92 Å². The first-order valence-electron chi connectivity index (χ1n) is 19.6. The second-order valence-electron chi connectivity index (χ2n) is 15.8. The van der Waals surface area contributed by atoms with E-state index in [0.717, 1.165) is 68.3 Å². The number of aromatic nitrogens is 4. The summed E-state index contributed by atoms with van der Waals surface area (Å²) in [6.45, 7) is 7.43. The van der Waals surface area contributed by atoms with Gasteiger partial charge in [-0.25, -0.2) is 14.8 Å². The van der Waals surface area contributed by atoms with E-state index in [-0.39, 0.29) is 47.6 Å². The van der Waals surface area contributed by atoms with E-state index >= 15 is 0 Å². The van der Waals surface area contributed by atoms with Crippen LogP contribution in [0.1, 0.15) is 69.0 Å². The molecule has 8 heterocycles. The molecule has 1 unspecified atom stereocenters. The van der Waals surface area contributed by atoms with Gasteiger partial charge in [-0.15, -0.1) is 0 Å². The van der Waals surface area contributed by atoms with Crippen LogP contribution in [-0.2, 0) is 22.7 Å². The van der Waals surface area contributed by atoms with Crippen molar-refractivity contribution in [1.82, 2.24) is 44.7 Å². The lowest BCUT2D eigenvalue weighted by Gasteiger charge is -2.37. The Kier molecular flexibility index (Phi) is 9.25. The third-order valence-electron chi connectivity index (χ3n) is 12.1. The van der Waals surface area contributed by atoms with Crippen molar-refractivity contribution >= 4 is 58.7 Å². The third kappa shape index (κ3) is 6.78. The van der Waals surface area contributed by atoms with Crippen LogP contribution in [0.25, 0.3) is 0 Å². The van der Waals surface area contributed by atoms with Gasteiger partial charge >= 0.3 is 6.03 Å². The molecular formula is C38H45N13O6. The van der Waals surface area contributed by atoms with Gasteiger partial charge in [0.1, 0.15) is 11.9 Å². The van der Waals surface area contributed by atoms with Gasteiger partial charge in [-0.3, -0.25) is 43.8 Å². The largest absolute Gasteiger partial charge is 0.371 e. The minimum absolute atomic E-state index is 0.0213. The van der Waals surface area contributed by atoms with Crippen LogP contribution in [0.4, 0.5) is 27.9 Å². The zero-order valence-electron chi connectivity index (χ0n) is 31.7. The Morgan fingerprint density at radius 2 is 1.77 bits per heavy atom. The minimum Gasteiger partial charge on any atom is -0.371 e. The highest BCUT2D eigenvalue weighted by Gasteiger charge is 2.45. The van der Waals surface area contributed by atoms with Crippen LogP contribution in [0.15, 0.2) is 30.5 Å². The summed E-state index contributed by atoms with van der Waals surface area (Å²) in [7, 11) is 1.82. The van der Waals surface area contributed by atoms with Gasteiger partial charge in [0.25, 0.3) is 17.7 Å². The van der Waals surface area contributed by atoms with E-state index in [1.807, 2.05) is 28.8 Å². The topological polar surface area (TPSA) is 216 Å². The number of nitrogens with zero attached hydrogens (tertiary/aromatic N) is 10. The summed E-state index contributed by atoms with van der Waals surface area (Å²) in [6, 6.07) is 6.35. The maximum Gasteiger partial charge on any atom is 0.320 e. The summed E-state index contributed by atoms with van der Waals surface area (Å²) in [5.74, 6) is -1.00. The fraction of sp³-hybridized carbons (Fsp3) is 0.500. The molecule has 0 radical (unpaired) electrons. The number of anilines is 4. The highest BCUT2D eigenvalue weighted by Crippen LogP contribution is 2.33. The predicted octanol–water partition coefficient (Wildman–Crippen LogP) is 0.595. The molecule has 9 rings (SSSR count). The van der Waals surface area contributed by atoms with Gasteiger partial charge in [0, 0.05) is 84.1 Å². The first-order chi connectivity index (χ1) is 27.5. The van der Waals surface area contributed by atoms with Crippen LogP contribution in [0.3, 0.4) is 0 Å². The van der Waals surface area contributed by atoms with Crippen molar-refractivity contribution in [3.05, 3.63) is 53.0 Å². The number of nitrogens with one attached hydrogen (secondary N) is 2. The fourth-order valence-corrected chi connectivity index (χ4v) is 9.12. The number of carbonyl (C=O) groups is 6. The molecule has 298 valence electrons. The number of hydrogen-bond acceptors (Lipinski definition) is 13.